The first-order chi connectivity index (χ1) is 9.72. The Kier molecular flexibility index (Phi) is 3.71. The van der Waals surface area contributed by atoms with E-state index in [2.05, 4.69) is 4.98 Å². The van der Waals surface area contributed by atoms with Crippen molar-refractivity contribution in [3.05, 3.63) is 54.1 Å². The Bertz CT molecular complexity index is 734. The lowest BCUT2D eigenvalue weighted by molar-refractivity contribution is -0.136. The van der Waals surface area contributed by atoms with Crippen molar-refractivity contribution in [2.45, 2.75) is 15.7 Å². The first-order valence-electron chi connectivity index (χ1n) is 6.05. The maximum absolute atomic E-state index is 10.9. The zero-order valence-corrected chi connectivity index (χ0v) is 12.1. The fraction of sp³-hybridized carbons (Fsp3) is 0.0667. The number of rotatable bonds is 4. The summed E-state index contributed by atoms with van der Waals surface area (Å²) in [6.45, 7) is 0. The number of thiazole rings is 1. The largest absolute Gasteiger partial charge is 0.481 e. The van der Waals surface area contributed by atoms with Crippen LogP contribution in [0, 0.1) is 0 Å². The molecule has 5 heteroatoms. The molecule has 0 aliphatic heterocycles. The molecule has 3 aromatic rings. The SMILES string of the molecule is O=C(O)Cc1ccccc1Sc1nc2ccccc2s1. The molecule has 0 bridgehead atoms. The van der Waals surface area contributed by atoms with E-state index in [0.29, 0.717) is 0 Å². The van der Waals surface area contributed by atoms with Gasteiger partial charge in [-0.25, -0.2) is 4.98 Å². The molecule has 1 heterocycles. The summed E-state index contributed by atoms with van der Waals surface area (Å²) >= 11 is 3.15. The Morgan fingerprint density at radius 3 is 2.70 bits per heavy atom. The summed E-state index contributed by atoms with van der Waals surface area (Å²) in [4.78, 5) is 16.4. The number of carboxylic acids is 1. The molecular formula is C15H11NO2S2. The van der Waals surface area contributed by atoms with Crippen molar-refractivity contribution in [1.29, 1.82) is 0 Å². The third kappa shape index (κ3) is 2.84. The molecule has 20 heavy (non-hydrogen) atoms. The van der Waals surface area contributed by atoms with Gasteiger partial charge in [-0.15, -0.1) is 11.3 Å². The van der Waals surface area contributed by atoms with Crippen molar-refractivity contribution >= 4 is 39.3 Å². The second-order valence-electron chi connectivity index (χ2n) is 4.23. The van der Waals surface area contributed by atoms with Gasteiger partial charge in [0, 0.05) is 4.90 Å². The predicted octanol–water partition coefficient (Wildman–Crippen LogP) is 4.07. The van der Waals surface area contributed by atoms with E-state index in [-0.39, 0.29) is 6.42 Å². The zero-order chi connectivity index (χ0) is 13.9. The number of hydrogen-bond donors (Lipinski definition) is 1. The highest BCUT2D eigenvalue weighted by Gasteiger charge is 2.10. The first kappa shape index (κ1) is 13.1. The highest BCUT2D eigenvalue weighted by atomic mass is 32.2. The number of carboxylic acid groups (broad SMARTS) is 1. The molecule has 0 aliphatic carbocycles. The van der Waals surface area contributed by atoms with Crippen LogP contribution in [-0.4, -0.2) is 16.1 Å². The molecule has 0 atom stereocenters. The van der Waals surface area contributed by atoms with Crippen LogP contribution in [0.15, 0.2) is 57.8 Å². The van der Waals surface area contributed by atoms with Gasteiger partial charge in [-0.2, -0.15) is 0 Å². The van der Waals surface area contributed by atoms with Crippen molar-refractivity contribution in [3.63, 3.8) is 0 Å². The molecule has 1 aromatic heterocycles. The predicted molar refractivity (Wildman–Crippen MR) is 81.5 cm³/mol. The van der Waals surface area contributed by atoms with Gasteiger partial charge < -0.3 is 5.11 Å². The molecule has 0 unspecified atom stereocenters. The maximum Gasteiger partial charge on any atom is 0.307 e. The Morgan fingerprint density at radius 2 is 1.90 bits per heavy atom. The van der Waals surface area contributed by atoms with Crippen LogP contribution in [-0.2, 0) is 11.2 Å². The molecule has 2 aromatic carbocycles. The van der Waals surface area contributed by atoms with Crippen molar-refractivity contribution in [2.24, 2.45) is 0 Å². The Labute approximate surface area is 124 Å². The number of carbonyl (C=O) groups is 1. The molecule has 3 rings (SSSR count). The quantitative estimate of drug-likeness (QED) is 0.789. The van der Waals surface area contributed by atoms with Crippen molar-refractivity contribution in [1.82, 2.24) is 4.98 Å². The molecule has 0 saturated heterocycles. The monoisotopic (exact) mass is 301 g/mol. The van der Waals surface area contributed by atoms with Crippen LogP contribution in [0.3, 0.4) is 0 Å². The lowest BCUT2D eigenvalue weighted by Gasteiger charge is -2.04. The molecule has 3 nitrogen and oxygen atoms in total. The number of hydrogen-bond acceptors (Lipinski definition) is 4. The molecule has 100 valence electrons. The van der Waals surface area contributed by atoms with E-state index in [1.54, 1.807) is 11.3 Å². The van der Waals surface area contributed by atoms with E-state index >= 15 is 0 Å². The van der Waals surface area contributed by atoms with Crippen molar-refractivity contribution in [2.75, 3.05) is 0 Å². The minimum absolute atomic E-state index is 0.0358. The lowest BCUT2D eigenvalue weighted by atomic mass is 10.1. The smallest absolute Gasteiger partial charge is 0.307 e. The number of fused-ring (bicyclic) bond motifs is 1. The van der Waals surface area contributed by atoms with Gasteiger partial charge in [0.25, 0.3) is 0 Å². The average Bonchev–Trinajstić information content (AvgIpc) is 2.82. The zero-order valence-electron chi connectivity index (χ0n) is 10.4. The Hall–Kier alpha value is -1.85. The normalized spacial score (nSPS) is 10.8. The number of para-hydroxylation sites is 1. The summed E-state index contributed by atoms with van der Waals surface area (Å²) in [5.41, 5.74) is 1.81. The summed E-state index contributed by atoms with van der Waals surface area (Å²) < 4.78 is 2.08. The van der Waals surface area contributed by atoms with E-state index in [1.165, 1.54) is 11.8 Å². The molecule has 0 saturated carbocycles. The minimum atomic E-state index is -0.817. The van der Waals surface area contributed by atoms with E-state index in [0.717, 1.165) is 25.0 Å². The number of aromatic nitrogens is 1. The van der Waals surface area contributed by atoms with Gasteiger partial charge in [0.2, 0.25) is 0 Å². The van der Waals surface area contributed by atoms with Crippen LogP contribution in [0.4, 0.5) is 0 Å². The van der Waals surface area contributed by atoms with Crippen molar-refractivity contribution in [3.8, 4) is 0 Å². The summed E-state index contributed by atoms with van der Waals surface area (Å²) in [5.74, 6) is -0.817. The van der Waals surface area contributed by atoms with Gasteiger partial charge >= 0.3 is 5.97 Å². The highest BCUT2D eigenvalue weighted by Crippen LogP contribution is 2.35. The molecule has 0 fully saturated rings. The van der Waals surface area contributed by atoms with E-state index in [1.807, 2.05) is 48.5 Å². The summed E-state index contributed by atoms with van der Waals surface area (Å²) in [6.07, 6.45) is 0.0358. The third-order valence-electron chi connectivity index (χ3n) is 2.79. The summed E-state index contributed by atoms with van der Waals surface area (Å²) in [5, 5.41) is 8.95. The minimum Gasteiger partial charge on any atom is -0.481 e. The molecule has 0 spiro atoms. The van der Waals surface area contributed by atoms with Gasteiger partial charge in [-0.1, -0.05) is 42.1 Å². The number of aliphatic carboxylic acids is 1. The van der Waals surface area contributed by atoms with Gasteiger partial charge in [0.05, 0.1) is 16.6 Å². The summed E-state index contributed by atoms with van der Waals surface area (Å²) in [6, 6.07) is 15.6. The summed E-state index contributed by atoms with van der Waals surface area (Å²) in [7, 11) is 0. The number of benzene rings is 2. The van der Waals surface area contributed by atoms with Crippen LogP contribution < -0.4 is 0 Å². The fourth-order valence-electron chi connectivity index (χ4n) is 1.90. The molecule has 0 aliphatic rings. The highest BCUT2D eigenvalue weighted by molar-refractivity contribution is 8.01. The van der Waals surface area contributed by atoms with Crippen LogP contribution >= 0.6 is 23.1 Å². The van der Waals surface area contributed by atoms with E-state index < -0.39 is 5.97 Å². The molecule has 1 N–H and O–H groups in total. The average molecular weight is 301 g/mol. The Balaban J connectivity index is 1.92. The fourth-order valence-corrected chi connectivity index (χ4v) is 4.05. The molecular weight excluding hydrogens is 290 g/mol. The van der Waals surface area contributed by atoms with Crippen molar-refractivity contribution < 1.29 is 9.90 Å². The lowest BCUT2D eigenvalue weighted by Crippen LogP contribution is -2.01. The topological polar surface area (TPSA) is 50.2 Å². The van der Waals surface area contributed by atoms with E-state index in [9.17, 15) is 4.79 Å². The van der Waals surface area contributed by atoms with Crippen LogP contribution in [0.5, 0.6) is 0 Å². The van der Waals surface area contributed by atoms with E-state index in [4.69, 9.17) is 5.11 Å². The third-order valence-corrected chi connectivity index (χ3v) is 5.00. The molecule has 0 amide bonds. The second-order valence-corrected chi connectivity index (χ2v) is 6.55. The van der Waals surface area contributed by atoms with Crippen LogP contribution in [0.25, 0.3) is 10.2 Å². The van der Waals surface area contributed by atoms with Gasteiger partial charge in [0.15, 0.2) is 4.34 Å². The van der Waals surface area contributed by atoms with Gasteiger partial charge in [0.1, 0.15) is 0 Å². The molecule has 0 radical (unpaired) electrons. The standard InChI is InChI=1S/C15H11NO2S2/c17-14(18)9-10-5-1-3-7-12(10)19-15-16-11-6-2-4-8-13(11)20-15/h1-8H,9H2,(H,17,18). The van der Waals surface area contributed by atoms with Crippen LogP contribution in [0.2, 0.25) is 0 Å². The van der Waals surface area contributed by atoms with Gasteiger partial charge in [-0.3, -0.25) is 4.79 Å². The maximum atomic E-state index is 10.9. The number of nitrogens with zero attached hydrogens (tertiary/aromatic N) is 1. The first-order valence-corrected chi connectivity index (χ1v) is 7.69. The van der Waals surface area contributed by atoms with Crippen LogP contribution in [0.1, 0.15) is 5.56 Å². The second kappa shape index (κ2) is 5.64. The van der Waals surface area contributed by atoms with Gasteiger partial charge in [-0.05, 0) is 23.8 Å². The Morgan fingerprint density at radius 1 is 1.15 bits per heavy atom.